The maximum atomic E-state index is 12.5. The average molecular weight is 266 g/mol. The molecule has 2 aromatic carbocycles. The maximum Gasteiger partial charge on any atom is 0.198 e. The zero-order chi connectivity index (χ0) is 13.7. The molecule has 1 aliphatic carbocycles. The van der Waals surface area contributed by atoms with E-state index in [0.29, 0.717) is 6.42 Å². The molecule has 1 aliphatic heterocycles. The molecule has 0 radical (unpaired) electrons. The number of epoxide rings is 1. The summed E-state index contributed by atoms with van der Waals surface area (Å²) in [5, 5.41) is 0. The van der Waals surface area contributed by atoms with E-state index in [2.05, 4.69) is 0 Å². The maximum absolute atomic E-state index is 12.5. The lowest BCUT2D eigenvalue weighted by Crippen LogP contribution is -2.20. The molecule has 1 spiro atoms. The van der Waals surface area contributed by atoms with Crippen molar-refractivity contribution in [3.05, 3.63) is 65.2 Å². The largest absolute Gasteiger partial charge is 0.497 e. The van der Waals surface area contributed by atoms with Crippen molar-refractivity contribution in [3.63, 3.8) is 0 Å². The lowest BCUT2D eigenvalue weighted by molar-refractivity contribution is 0.0894. The van der Waals surface area contributed by atoms with Gasteiger partial charge in [0.25, 0.3) is 0 Å². The molecule has 4 rings (SSSR count). The van der Waals surface area contributed by atoms with Gasteiger partial charge in [-0.3, -0.25) is 4.79 Å². The van der Waals surface area contributed by atoms with Crippen LogP contribution in [0.5, 0.6) is 5.75 Å². The number of Topliss-reactive ketones (excluding diaryl/α,β-unsaturated/α-hetero) is 1. The highest BCUT2D eigenvalue weighted by molar-refractivity contribution is 6.09. The van der Waals surface area contributed by atoms with E-state index in [1.807, 2.05) is 48.5 Å². The summed E-state index contributed by atoms with van der Waals surface area (Å²) in [6.07, 6.45) is 0.548. The first kappa shape index (κ1) is 11.7. The van der Waals surface area contributed by atoms with Crippen LogP contribution in [0.25, 0.3) is 0 Å². The second kappa shape index (κ2) is 3.93. The first-order chi connectivity index (χ1) is 9.74. The number of benzene rings is 2. The van der Waals surface area contributed by atoms with Crippen LogP contribution in [0.3, 0.4) is 0 Å². The monoisotopic (exact) mass is 266 g/mol. The fourth-order valence-corrected chi connectivity index (χ4v) is 3.09. The van der Waals surface area contributed by atoms with Crippen LogP contribution in [0.2, 0.25) is 0 Å². The highest BCUT2D eigenvalue weighted by Crippen LogP contribution is 2.56. The summed E-state index contributed by atoms with van der Waals surface area (Å²) >= 11 is 0. The van der Waals surface area contributed by atoms with E-state index in [0.717, 1.165) is 22.4 Å². The lowest BCUT2D eigenvalue weighted by Gasteiger charge is -2.03. The van der Waals surface area contributed by atoms with E-state index in [4.69, 9.17) is 9.47 Å². The number of rotatable bonds is 2. The molecular formula is C17H14O3. The van der Waals surface area contributed by atoms with Crippen molar-refractivity contribution < 1.29 is 14.3 Å². The Balaban J connectivity index is 1.65. The highest BCUT2D eigenvalue weighted by atomic mass is 16.6. The normalized spacial score (nSPS) is 26.6. The molecule has 20 heavy (non-hydrogen) atoms. The Labute approximate surface area is 117 Å². The van der Waals surface area contributed by atoms with Gasteiger partial charge in [0.2, 0.25) is 0 Å². The van der Waals surface area contributed by atoms with Crippen molar-refractivity contribution in [1.82, 2.24) is 0 Å². The fourth-order valence-electron chi connectivity index (χ4n) is 3.09. The van der Waals surface area contributed by atoms with Crippen molar-refractivity contribution in [2.24, 2.45) is 0 Å². The topological polar surface area (TPSA) is 38.8 Å². The van der Waals surface area contributed by atoms with E-state index in [9.17, 15) is 4.79 Å². The van der Waals surface area contributed by atoms with Gasteiger partial charge < -0.3 is 9.47 Å². The van der Waals surface area contributed by atoms with Gasteiger partial charge >= 0.3 is 0 Å². The molecule has 2 aliphatic rings. The summed E-state index contributed by atoms with van der Waals surface area (Å²) in [6.45, 7) is 0. The number of hydrogen-bond donors (Lipinski definition) is 0. The SMILES string of the molecule is COc1ccc([C@H]2O[C@@]23Cc2ccccc2C3=O)cc1. The number of fused-ring (bicyclic) bond motifs is 1. The smallest absolute Gasteiger partial charge is 0.198 e. The molecular weight excluding hydrogens is 252 g/mol. The molecule has 1 saturated heterocycles. The molecule has 0 bridgehead atoms. The second-order valence-electron chi connectivity index (χ2n) is 5.32. The standard InChI is InChI=1S/C17H14O3/c1-19-13-8-6-11(7-9-13)16-17(20-16)10-12-4-2-3-5-14(12)15(17)18/h2-9,16H,10H2,1H3/t16-,17-/m1/s1. The van der Waals surface area contributed by atoms with E-state index in [-0.39, 0.29) is 11.9 Å². The molecule has 0 unspecified atom stereocenters. The molecule has 0 amide bonds. The lowest BCUT2D eigenvalue weighted by atomic mass is 9.95. The minimum absolute atomic E-state index is 0.119. The Morgan fingerprint density at radius 2 is 1.90 bits per heavy atom. The Hall–Kier alpha value is -2.13. The number of carbonyl (C=O) groups excluding carboxylic acids is 1. The summed E-state index contributed by atoms with van der Waals surface area (Å²) in [4.78, 5) is 12.5. The van der Waals surface area contributed by atoms with Crippen LogP contribution in [0, 0.1) is 0 Å². The van der Waals surface area contributed by atoms with E-state index in [1.165, 1.54) is 0 Å². The quantitative estimate of drug-likeness (QED) is 0.784. The average Bonchev–Trinajstić information content (AvgIpc) is 3.15. The number of hydrogen-bond acceptors (Lipinski definition) is 3. The minimum atomic E-state index is -0.654. The number of carbonyl (C=O) groups is 1. The molecule has 100 valence electrons. The number of ether oxygens (including phenoxy) is 2. The summed E-state index contributed by atoms with van der Waals surface area (Å²) in [5.74, 6) is 0.929. The molecule has 0 aromatic heterocycles. The molecule has 2 aromatic rings. The van der Waals surface area contributed by atoms with Gasteiger partial charge in [-0.25, -0.2) is 0 Å². The summed E-state index contributed by atoms with van der Waals surface area (Å²) in [7, 11) is 1.64. The Morgan fingerprint density at radius 3 is 2.60 bits per heavy atom. The minimum Gasteiger partial charge on any atom is -0.497 e. The van der Waals surface area contributed by atoms with Crippen LogP contribution >= 0.6 is 0 Å². The van der Waals surface area contributed by atoms with E-state index >= 15 is 0 Å². The molecule has 1 heterocycles. The van der Waals surface area contributed by atoms with Gasteiger partial charge in [-0.2, -0.15) is 0 Å². The van der Waals surface area contributed by atoms with Crippen LogP contribution < -0.4 is 4.74 Å². The summed E-state index contributed by atoms with van der Waals surface area (Å²) in [6, 6.07) is 15.5. The van der Waals surface area contributed by atoms with Gasteiger partial charge in [-0.05, 0) is 23.3 Å². The molecule has 3 nitrogen and oxygen atoms in total. The van der Waals surface area contributed by atoms with Crippen LogP contribution in [-0.2, 0) is 11.2 Å². The third-order valence-electron chi connectivity index (χ3n) is 4.21. The molecule has 2 atom stereocenters. The Morgan fingerprint density at radius 1 is 1.15 bits per heavy atom. The van der Waals surface area contributed by atoms with Gasteiger partial charge in [0.05, 0.1) is 7.11 Å². The van der Waals surface area contributed by atoms with Crippen LogP contribution in [0.15, 0.2) is 48.5 Å². The van der Waals surface area contributed by atoms with Gasteiger partial charge in [0.15, 0.2) is 11.4 Å². The molecule has 0 N–H and O–H groups in total. The molecule has 1 fully saturated rings. The number of methoxy groups -OCH3 is 1. The summed E-state index contributed by atoms with van der Waals surface area (Å²) < 4.78 is 11.0. The highest BCUT2D eigenvalue weighted by Gasteiger charge is 2.65. The van der Waals surface area contributed by atoms with E-state index < -0.39 is 5.60 Å². The predicted octanol–water partition coefficient (Wildman–Crippen LogP) is 2.94. The Bertz CT molecular complexity index is 690. The van der Waals surface area contributed by atoms with Gasteiger partial charge in [-0.1, -0.05) is 36.4 Å². The van der Waals surface area contributed by atoms with Gasteiger partial charge in [-0.15, -0.1) is 0 Å². The van der Waals surface area contributed by atoms with Crippen LogP contribution in [-0.4, -0.2) is 18.5 Å². The van der Waals surface area contributed by atoms with Crippen LogP contribution in [0.1, 0.15) is 27.6 Å². The summed E-state index contributed by atoms with van der Waals surface area (Å²) in [5.41, 5.74) is 2.28. The van der Waals surface area contributed by atoms with Crippen LogP contribution in [0.4, 0.5) is 0 Å². The van der Waals surface area contributed by atoms with Gasteiger partial charge in [0, 0.05) is 12.0 Å². The number of ketones is 1. The second-order valence-corrected chi connectivity index (χ2v) is 5.32. The van der Waals surface area contributed by atoms with Crippen molar-refractivity contribution in [2.75, 3.05) is 7.11 Å². The Kier molecular flexibility index (Phi) is 2.30. The first-order valence-corrected chi connectivity index (χ1v) is 6.69. The molecule has 3 heteroatoms. The van der Waals surface area contributed by atoms with Crippen molar-refractivity contribution in [2.45, 2.75) is 18.1 Å². The van der Waals surface area contributed by atoms with Gasteiger partial charge in [0.1, 0.15) is 11.9 Å². The van der Waals surface area contributed by atoms with Crippen molar-refractivity contribution >= 4 is 5.78 Å². The van der Waals surface area contributed by atoms with Crippen molar-refractivity contribution in [3.8, 4) is 5.75 Å². The zero-order valence-electron chi connectivity index (χ0n) is 11.1. The zero-order valence-corrected chi connectivity index (χ0v) is 11.1. The predicted molar refractivity (Wildman–Crippen MR) is 74.0 cm³/mol. The van der Waals surface area contributed by atoms with E-state index in [1.54, 1.807) is 7.11 Å². The van der Waals surface area contributed by atoms with Crippen molar-refractivity contribution in [1.29, 1.82) is 0 Å². The first-order valence-electron chi connectivity index (χ1n) is 6.69. The molecule has 0 saturated carbocycles. The fraction of sp³-hybridized carbons (Fsp3) is 0.235. The third kappa shape index (κ3) is 1.47. The third-order valence-corrected chi connectivity index (χ3v) is 4.21.